The first-order chi connectivity index (χ1) is 16.1. The summed E-state index contributed by atoms with van der Waals surface area (Å²) in [6.45, 7) is 8.35. The number of amides is 1. The van der Waals surface area contributed by atoms with Gasteiger partial charge < -0.3 is 5.32 Å². The van der Waals surface area contributed by atoms with Crippen LogP contribution in [0.3, 0.4) is 0 Å². The number of nitrogens with zero attached hydrogens (tertiary/aromatic N) is 4. The van der Waals surface area contributed by atoms with Crippen molar-refractivity contribution in [3.8, 4) is 0 Å². The summed E-state index contributed by atoms with van der Waals surface area (Å²) in [5, 5.41) is 13.0. The van der Waals surface area contributed by atoms with Gasteiger partial charge in [-0.25, -0.2) is 4.39 Å². The van der Waals surface area contributed by atoms with Gasteiger partial charge in [-0.2, -0.15) is 10.2 Å². The highest BCUT2D eigenvalue weighted by atomic mass is 35.5. The van der Waals surface area contributed by atoms with Gasteiger partial charge in [0.1, 0.15) is 5.82 Å². The van der Waals surface area contributed by atoms with Crippen molar-refractivity contribution in [2.24, 2.45) is 0 Å². The number of nitrogens with one attached hydrogen (secondary N) is 1. The Morgan fingerprint density at radius 2 is 1.65 bits per heavy atom. The summed E-state index contributed by atoms with van der Waals surface area (Å²) in [5.74, 6) is -0.628. The molecule has 2 aromatic carbocycles. The largest absolute Gasteiger partial charge is 0.319 e. The number of carbonyl (C=O) groups is 1. The molecular weight excluding hydrogens is 476 g/mol. The van der Waals surface area contributed by atoms with Crippen LogP contribution < -0.4 is 5.32 Å². The third-order valence-corrected chi connectivity index (χ3v) is 6.67. The first-order valence-corrected chi connectivity index (χ1v) is 11.5. The summed E-state index contributed by atoms with van der Waals surface area (Å²) in [4.78, 5) is 13.1. The van der Waals surface area contributed by atoms with Crippen molar-refractivity contribution in [1.82, 2.24) is 19.6 Å². The third kappa shape index (κ3) is 4.86. The van der Waals surface area contributed by atoms with Crippen LogP contribution in [0.25, 0.3) is 0 Å². The highest BCUT2D eigenvalue weighted by molar-refractivity contribution is 6.32. The Hall–Kier alpha value is -3.16. The summed E-state index contributed by atoms with van der Waals surface area (Å²) in [5.41, 5.74) is 5.95. The molecule has 9 heteroatoms. The van der Waals surface area contributed by atoms with E-state index in [4.69, 9.17) is 23.2 Å². The fourth-order valence-electron chi connectivity index (χ4n) is 3.84. The SMILES string of the molecule is Cc1nn(Cc2cccc(C(=O)Nc3c(C)nn(Cc4ccc(F)cc4Cl)c3C)c2)c(C)c1Cl. The van der Waals surface area contributed by atoms with Crippen LogP contribution in [0.5, 0.6) is 0 Å². The predicted molar refractivity (Wildman–Crippen MR) is 132 cm³/mol. The zero-order valence-corrected chi connectivity index (χ0v) is 20.8. The Morgan fingerprint density at radius 1 is 0.941 bits per heavy atom. The minimum atomic E-state index is -0.391. The van der Waals surface area contributed by atoms with Gasteiger partial charge in [-0.05, 0) is 63.1 Å². The summed E-state index contributed by atoms with van der Waals surface area (Å²) < 4.78 is 16.9. The minimum Gasteiger partial charge on any atom is -0.319 e. The molecule has 2 aromatic heterocycles. The lowest BCUT2D eigenvalue weighted by Crippen LogP contribution is -2.14. The highest BCUT2D eigenvalue weighted by Crippen LogP contribution is 2.25. The van der Waals surface area contributed by atoms with E-state index < -0.39 is 5.82 Å². The summed E-state index contributed by atoms with van der Waals surface area (Å²) in [6, 6.07) is 11.7. The standard InChI is InChI=1S/C25H24Cl2FN5O/c1-14-23(27)16(3)32(30-14)12-18-6-5-7-19(10-18)25(34)29-24-15(2)31-33(17(24)4)13-20-8-9-21(28)11-22(20)26/h5-11H,12-13H2,1-4H3,(H,29,34). The van der Waals surface area contributed by atoms with Crippen molar-refractivity contribution in [1.29, 1.82) is 0 Å². The van der Waals surface area contributed by atoms with Crippen molar-refractivity contribution in [2.45, 2.75) is 40.8 Å². The molecule has 2 heterocycles. The van der Waals surface area contributed by atoms with E-state index in [-0.39, 0.29) is 5.91 Å². The lowest BCUT2D eigenvalue weighted by Gasteiger charge is -2.10. The summed E-state index contributed by atoms with van der Waals surface area (Å²) >= 11 is 12.4. The molecule has 0 spiro atoms. The topological polar surface area (TPSA) is 64.7 Å². The van der Waals surface area contributed by atoms with Crippen molar-refractivity contribution in [3.63, 3.8) is 0 Å². The molecular formula is C25H24Cl2FN5O. The molecule has 0 bridgehead atoms. The van der Waals surface area contributed by atoms with Gasteiger partial charge in [0.05, 0.1) is 46.6 Å². The number of aryl methyl sites for hydroxylation is 2. The van der Waals surface area contributed by atoms with Crippen molar-refractivity contribution in [3.05, 3.63) is 97.8 Å². The number of carbonyl (C=O) groups excluding carboxylic acids is 1. The van der Waals surface area contributed by atoms with Gasteiger partial charge in [0.25, 0.3) is 5.91 Å². The van der Waals surface area contributed by atoms with Crippen LogP contribution in [0, 0.1) is 33.5 Å². The summed E-state index contributed by atoms with van der Waals surface area (Å²) in [6.07, 6.45) is 0. The molecule has 4 aromatic rings. The number of aromatic nitrogens is 4. The first kappa shape index (κ1) is 24.0. The zero-order chi connectivity index (χ0) is 24.6. The predicted octanol–water partition coefficient (Wildman–Crippen LogP) is 6.11. The maximum absolute atomic E-state index is 13.4. The van der Waals surface area contributed by atoms with E-state index in [1.165, 1.54) is 12.1 Å². The van der Waals surface area contributed by atoms with E-state index in [9.17, 15) is 9.18 Å². The van der Waals surface area contributed by atoms with Crippen LogP contribution in [-0.2, 0) is 13.1 Å². The van der Waals surface area contributed by atoms with Crippen molar-refractivity contribution >= 4 is 34.8 Å². The van der Waals surface area contributed by atoms with Gasteiger partial charge in [0.2, 0.25) is 0 Å². The second kappa shape index (κ2) is 9.60. The number of anilines is 1. The van der Waals surface area contributed by atoms with Gasteiger partial charge in [-0.1, -0.05) is 41.4 Å². The maximum Gasteiger partial charge on any atom is 0.255 e. The molecule has 0 aliphatic heterocycles. The fraction of sp³-hybridized carbons (Fsp3) is 0.240. The molecule has 6 nitrogen and oxygen atoms in total. The highest BCUT2D eigenvalue weighted by Gasteiger charge is 2.17. The van der Waals surface area contributed by atoms with Gasteiger partial charge in [-0.15, -0.1) is 0 Å². The van der Waals surface area contributed by atoms with E-state index >= 15 is 0 Å². The van der Waals surface area contributed by atoms with Crippen molar-refractivity contribution < 1.29 is 9.18 Å². The molecule has 0 saturated heterocycles. The average molecular weight is 500 g/mol. The van der Waals surface area contributed by atoms with Gasteiger partial charge >= 0.3 is 0 Å². The summed E-state index contributed by atoms with van der Waals surface area (Å²) in [7, 11) is 0. The van der Waals surface area contributed by atoms with Gasteiger partial charge in [-0.3, -0.25) is 14.2 Å². The monoisotopic (exact) mass is 499 g/mol. The number of rotatable bonds is 6. The normalized spacial score (nSPS) is 11.1. The first-order valence-electron chi connectivity index (χ1n) is 10.7. The quantitative estimate of drug-likeness (QED) is 0.348. The van der Waals surface area contributed by atoms with Crippen LogP contribution in [0.15, 0.2) is 42.5 Å². The Bertz CT molecular complexity index is 1390. The molecule has 0 fully saturated rings. The molecule has 34 heavy (non-hydrogen) atoms. The molecule has 4 rings (SSSR count). The van der Waals surface area contributed by atoms with Crippen LogP contribution in [-0.4, -0.2) is 25.5 Å². The number of benzene rings is 2. The Labute approximate surface area is 207 Å². The lowest BCUT2D eigenvalue weighted by atomic mass is 10.1. The maximum atomic E-state index is 13.4. The molecule has 1 N–H and O–H groups in total. The smallest absolute Gasteiger partial charge is 0.255 e. The van der Waals surface area contributed by atoms with E-state index in [0.29, 0.717) is 40.1 Å². The molecule has 0 aliphatic carbocycles. The average Bonchev–Trinajstić information content (AvgIpc) is 3.19. The van der Waals surface area contributed by atoms with Crippen LogP contribution in [0.2, 0.25) is 10.0 Å². The van der Waals surface area contributed by atoms with Crippen LogP contribution in [0.4, 0.5) is 10.1 Å². The molecule has 0 radical (unpaired) electrons. The third-order valence-electron chi connectivity index (χ3n) is 5.77. The number of halogens is 3. The molecule has 0 unspecified atom stereocenters. The van der Waals surface area contributed by atoms with E-state index in [0.717, 1.165) is 28.2 Å². The van der Waals surface area contributed by atoms with Gasteiger partial charge in [0, 0.05) is 10.6 Å². The fourth-order valence-corrected chi connectivity index (χ4v) is 4.20. The van der Waals surface area contributed by atoms with E-state index in [2.05, 4.69) is 15.5 Å². The Kier molecular flexibility index (Phi) is 6.77. The van der Waals surface area contributed by atoms with Crippen LogP contribution >= 0.6 is 23.2 Å². The second-order valence-electron chi connectivity index (χ2n) is 8.24. The molecule has 176 valence electrons. The lowest BCUT2D eigenvalue weighted by molar-refractivity contribution is 0.102. The molecule has 1 amide bonds. The van der Waals surface area contributed by atoms with Crippen LogP contribution in [0.1, 0.15) is 44.3 Å². The minimum absolute atomic E-state index is 0.237. The van der Waals surface area contributed by atoms with Gasteiger partial charge in [0.15, 0.2) is 0 Å². The zero-order valence-electron chi connectivity index (χ0n) is 19.3. The van der Waals surface area contributed by atoms with Crippen molar-refractivity contribution in [2.75, 3.05) is 5.32 Å². The Morgan fingerprint density at radius 3 is 2.32 bits per heavy atom. The number of hydrogen-bond donors (Lipinski definition) is 1. The van der Waals surface area contributed by atoms with E-state index in [1.807, 2.05) is 50.6 Å². The molecule has 0 aliphatic rings. The van der Waals surface area contributed by atoms with E-state index in [1.54, 1.807) is 16.8 Å². The molecule has 0 atom stereocenters. The molecule has 0 saturated carbocycles. The second-order valence-corrected chi connectivity index (χ2v) is 9.02. The number of hydrogen-bond acceptors (Lipinski definition) is 3. The Balaban J connectivity index is 1.53.